The fourth-order valence-electron chi connectivity index (χ4n) is 4.52. The topological polar surface area (TPSA) is 69.9 Å². The van der Waals surface area contributed by atoms with E-state index in [0.29, 0.717) is 42.8 Å². The van der Waals surface area contributed by atoms with Gasteiger partial charge in [0.15, 0.2) is 0 Å². The molecule has 0 unspecified atom stereocenters. The molecule has 0 radical (unpaired) electrons. The van der Waals surface area contributed by atoms with E-state index in [1.54, 1.807) is 47.8 Å². The third-order valence-corrected chi connectivity index (χ3v) is 6.72. The van der Waals surface area contributed by atoms with Gasteiger partial charge in [0, 0.05) is 37.2 Å². The molecule has 3 heterocycles. The minimum atomic E-state index is -4.40. The first-order valence-electron chi connectivity index (χ1n) is 11.0. The Labute approximate surface area is 195 Å². The Balaban J connectivity index is 1.51. The molecule has 5 nitrogen and oxygen atoms in total. The lowest BCUT2D eigenvalue weighted by Crippen LogP contribution is -2.44. The second-order valence-electron chi connectivity index (χ2n) is 8.54. The van der Waals surface area contributed by atoms with Crippen molar-refractivity contribution in [1.82, 2.24) is 14.9 Å². The van der Waals surface area contributed by atoms with Gasteiger partial charge in [-0.3, -0.25) is 14.8 Å². The normalized spacial score (nSPS) is 16.5. The number of piperidine rings is 1. The van der Waals surface area contributed by atoms with Gasteiger partial charge < -0.3 is 4.90 Å². The minimum Gasteiger partial charge on any atom is -0.338 e. The molecule has 1 aliphatic rings. The zero-order valence-corrected chi connectivity index (χ0v) is 18.6. The highest BCUT2D eigenvalue weighted by atomic mass is 19.4. The summed E-state index contributed by atoms with van der Waals surface area (Å²) in [5.74, 6) is -0.434. The monoisotopic (exact) mass is 464 g/mol. The van der Waals surface area contributed by atoms with Gasteiger partial charge in [0.25, 0.3) is 5.91 Å². The molecule has 2 aromatic heterocycles. The molecular weight excluding hydrogens is 441 g/mol. The van der Waals surface area contributed by atoms with Gasteiger partial charge in [-0.25, -0.2) is 0 Å². The number of benzene rings is 1. The van der Waals surface area contributed by atoms with Crippen molar-refractivity contribution < 1.29 is 18.0 Å². The maximum absolute atomic E-state index is 13.3. The Morgan fingerprint density at radius 3 is 2.29 bits per heavy atom. The van der Waals surface area contributed by atoms with Crippen LogP contribution in [-0.2, 0) is 6.18 Å². The van der Waals surface area contributed by atoms with E-state index in [1.807, 2.05) is 6.92 Å². The van der Waals surface area contributed by atoms with Gasteiger partial charge in [0.05, 0.1) is 28.3 Å². The lowest BCUT2D eigenvalue weighted by Gasteiger charge is -2.41. The first-order valence-corrected chi connectivity index (χ1v) is 11.0. The molecule has 1 fully saturated rings. The molecule has 0 spiro atoms. The van der Waals surface area contributed by atoms with Crippen LogP contribution in [0.2, 0.25) is 0 Å². The number of halogens is 3. The molecule has 1 amide bonds. The van der Waals surface area contributed by atoms with Gasteiger partial charge in [-0.1, -0.05) is 19.1 Å². The molecule has 0 aliphatic carbocycles. The number of rotatable bonds is 4. The quantitative estimate of drug-likeness (QED) is 0.496. The molecule has 8 heteroatoms. The van der Waals surface area contributed by atoms with Crippen LogP contribution in [0.25, 0.3) is 11.3 Å². The number of carbonyl (C=O) groups is 1. The molecule has 1 atom stereocenters. The second-order valence-corrected chi connectivity index (χ2v) is 8.54. The van der Waals surface area contributed by atoms with Gasteiger partial charge in [0.2, 0.25) is 0 Å². The van der Waals surface area contributed by atoms with Crippen LogP contribution in [0.15, 0.2) is 67.1 Å². The van der Waals surface area contributed by atoms with Crippen LogP contribution in [0.1, 0.15) is 47.2 Å². The third kappa shape index (κ3) is 4.51. The number of aromatic nitrogens is 2. The molecule has 3 aromatic rings. The highest BCUT2D eigenvalue weighted by molar-refractivity contribution is 5.99. The van der Waals surface area contributed by atoms with Crippen LogP contribution < -0.4 is 0 Å². The SMILES string of the molecule is C[C@H](c1ccc(C(F)(F)F)cc1)C1(C#N)CCN(C(=O)c2cccnc2-c2ccncc2)CC1. The Morgan fingerprint density at radius 1 is 1.06 bits per heavy atom. The maximum atomic E-state index is 13.3. The van der Waals surface area contributed by atoms with Crippen molar-refractivity contribution in [3.05, 3.63) is 83.8 Å². The molecule has 34 heavy (non-hydrogen) atoms. The van der Waals surface area contributed by atoms with Crippen LogP contribution in [0.3, 0.4) is 0 Å². The summed E-state index contributed by atoms with van der Waals surface area (Å²) in [6.45, 7) is 2.62. The van der Waals surface area contributed by atoms with Crippen LogP contribution in [0.4, 0.5) is 13.2 Å². The van der Waals surface area contributed by atoms with Crippen molar-refractivity contribution in [1.29, 1.82) is 5.26 Å². The predicted octanol–water partition coefficient (Wildman–Crippen LogP) is 5.71. The predicted molar refractivity (Wildman–Crippen MR) is 121 cm³/mol. The fourth-order valence-corrected chi connectivity index (χ4v) is 4.52. The zero-order valence-electron chi connectivity index (χ0n) is 18.6. The highest BCUT2D eigenvalue weighted by Crippen LogP contribution is 2.44. The summed E-state index contributed by atoms with van der Waals surface area (Å²) in [7, 11) is 0. The van der Waals surface area contributed by atoms with E-state index >= 15 is 0 Å². The average Bonchev–Trinajstić information content (AvgIpc) is 2.88. The van der Waals surface area contributed by atoms with Crippen molar-refractivity contribution in [2.75, 3.05) is 13.1 Å². The van der Waals surface area contributed by atoms with Gasteiger partial charge >= 0.3 is 6.18 Å². The molecule has 0 N–H and O–H groups in total. The summed E-state index contributed by atoms with van der Waals surface area (Å²) in [4.78, 5) is 23.5. The maximum Gasteiger partial charge on any atom is 0.416 e. The first kappa shape index (κ1) is 23.4. The summed E-state index contributed by atoms with van der Waals surface area (Å²) in [5.41, 5.74) is 1.05. The Hall–Kier alpha value is -3.73. The molecule has 1 saturated heterocycles. The number of amides is 1. The van der Waals surface area contributed by atoms with Crippen LogP contribution >= 0.6 is 0 Å². The van der Waals surface area contributed by atoms with Crippen molar-refractivity contribution in [2.45, 2.75) is 31.9 Å². The van der Waals surface area contributed by atoms with E-state index in [1.165, 1.54) is 12.1 Å². The number of carbonyl (C=O) groups excluding carboxylic acids is 1. The number of nitrogens with zero attached hydrogens (tertiary/aromatic N) is 4. The van der Waals surface area contributed by atoms with E-state index in [0.717, 1.165) is 17.7 Å². The molecule has 0 saturated carbocycles. The molecular formula is C26H23F3N4O. The number of hydrogen-bond acceptors (Lipinski definition) is 4. The molecule has 1 aliphatic heterocycles. The number of alkyl halides is 3. The summed E-state index contributed by atoms with van der Waals surface area (Å²) >= 11 is 0. The Kier molecular flexibility index (Phi) is 6.38. The van der Waals surface area contributed by atoms with Gasteiger partial charge in [0.1, 0.15) is 0 Å². The van der Waals surface area contributed by atoms with Crippen molar-refractivity contribution >= 4 is 5.91 Å². The standard InChI is InChI=1S/C26H23F3N4O/c1-18(19-4-6-21(7-5-19)26(27,28)29)25(17-30)10-15-33(16-11-25)24(34)22-3-2-12-32-23(22)20-8-13-31-14-9-20/h2-9,12-14,18H,10-11,15-16H2,1H3/t18-/m1/s1. The number of pyridine rings is 2. The average molecular weight is 464 g/mol. The zero-order chi connectivity index (χ0) is 24.3. The fraction of sp³-hybridized carbons (Fsp3) is 0.308. The van der Waals surface area contributed by atoms with Crippen molar-refractivity contribution in [3.8, 4) is 17.3 Å². The van der Waals surface area contributed by atoms with Crippen LogP contribution in [-0.4, -0.2) is 33.9 Å². The summed E-state index contributed by atoms with van der Waals surface area (Å²) in [6, 6.07) is 14.5. The van der Waals surface area contributed by atoms with Crippen LogP contribution in [0, 0.1) is 16.7 Å². The minimum absolute atomic E-state index is 0.159. The van der Waals surface area contributed by atoms with Crippen LogP contribution in [0.5, 0.6) is 0 Å². The highest BCUT2D eigenvalue weighted by Gasteiger charge is 2.42. The van der Waals surface area contributed by atoms with E-state index in [2.05, 4.69) is 16.0 Å². The summed E-state index contributed by atoms with van der Waals surface area (Å²) < 4.78 is 38.7. The number of nitriles is 1. The Bertz CT molecular complexity index is 1200. The number of likely N-dealkylation sites (tertiary alicyclic amines) is 1. The number of hydrogen-bond donors (Lipinski definition) is 0. The third-order valence-electron chi connectivity index (χ3n) is 6.72. The lowest BCUT2D eigenvalue weighted by molar-refractivity contribution is -0.137. The molecule has 4 rings (SSSR count). The van der Waals surface area contributed by atoms with E-state index in [9.17, 15) is 23.2 Å². The van der Waals surface area contributed by atoms with E-state index < -0.39 is 17.2 Å². The van der Waals surface area contributed by atoms with E-state index in [4.69, 9.17) is 0 Å². The smallest absolute Gasteiger partial charge is 0.338 e. The van der Waals surface area contributed by atoms with E-state index in [-0.39, 0.29) is 11.8 Å². The second kappa shape index (κ2) is 9.26. The molecule has 1 aromatic carbocycles. The van der Waals surface area contributed by atoms with Crippen molar-refractivity contribution in [2.24, 2.45) is 5.41 Å². The van der Waals surface area contributed by atoms with Gasteiger partial charge in [-0.05, 0) is 60.7 Å². The summed E-state index contributed by atoms with van der Waals surface area (Å²) in [5, 5.41) is 10.0. The first-order chi connectivity index (χ1) is 16.2. The molecule has 174 valence electrons. The lowest BCUT2D eigenvalue weighted by atomic mass is 9.68. The van der Waals surface area contributed by atoms with Crippen molar-refractivity contribution in [3.63, 3.8) is 0 Å². The largest absolute Gasteiger partial charge is 0.416 e. The van der Waals surface area contributed by atoms with Gasteiger partial charge in [-0.15, -0.1) is 0 Å². The summed E-state index contributed by atoms with van der Waals surface area (Å²) in [6.07, 6.45) is 1.38. The van der Waals surface area contributed by atoms with Gasteiger partial charge in [-0.2, -0.15) is 18.4 Å². The Morgan fingerprint density at radius 2 is 1.71 bits per heavy atom. The molecule has 0 bridgehead atoms.